The number of hydrogen-bond donors (Lipinski definition) is 1. The number of nitrogens with zero attached hydrogens (tertiary/aromatic N) is 2. The Labute approximate surface area is 188 Å². The minimum Gasteiger partial charge on any atom is -0.497 e. The molecule has 1 aromatic heterocycles. The number of fused-ring (bicyclic) bond motifs is 1. The summed E-state index contributed by atoms with van der Waals surface area (Å²) in [4.78, 5) is 19.6. The molecule has 1 amide bonds. The molecular weight excluding hydrogens is 406 g/mol. The van der Waals surface area contributed by atoms with Crippen molar-refractivity contribution in [3.63, 3.8) is 0 Å². The van der Waals surface area contributed by atoms with E-state index in [4.69, 9.17) is 24.9 Å². The molecule has 0 atom stereocenters. The molecule has 0 spiro atoms. The molecule has 32 heavy (non-hydrogen) atoms. The van der Waals surface area contributed by atoms with Gasteiger partial charge in [0.2, 0.25) is 5.91 Å². The summed E-state index contributed by atoms with van der Waals surface area (Å²) < 4.78 is 16.0. The van der Waals surface area contributed by atoms with Gasteiger partial charge in [0.1, 0.15) is 5.75 Å². The van der Waals surface area contributed by atoms with Gasteiger partial charge in [-0.15, -0.1) is 0 Å². The molecule has 2 aromatic carbocycles. The highest BCUT2D eigenvalue weighted by Gasteiger charge is 2.26. The van der Waals surface area contributed by atoms with Crippen LogP contribution in [-0.2, 0) is 11.2 Å². The molecule has 7 heteroatoms. The molecule has 4 rings (SSSR count). The van der Waals surface area contributed by atoms with Crippen molar-refractivity contribution in [3.05, 3.63) is 53.7 Å². The molecule has 168 valence electrons. The lowest BCUT2D eigenvalue weighted by Gasteiger charge is -2.32. The van der Waals surface area contributed by atoms with Gasteiger partial charge >= 0.3 is 0 Å². The first-order chi connectivity index (χ1) is 15.5. The molecule has 0 saturated carbocycles. The predicted octanol–water partition coefficient (Wildman–Crippen LogP) is 3.79. The second-order valence-corrected chi connectivity index (χ2v) is 8.04. The lowest BCUT2D eigenvalue weighted by Crippen LogP contribution is -2.39. The van der Waals surface area contributed by atoms with Crippen molar-refractivity contribution < 1.29 is 19.0 Å². The molecule has 3 aromatic rings. The number of nitrogen functional groups attached to an aromatic ring is 1. The monoisotopic (exact) mass is 435 g/mol. The van der Waals surface area contributed by atoms with Crippen LogP contribution >= 0.6 is 0 Å². The maximum Gasteiger partial charge on any atom is 0.226 e. The van der Waals surface area contributed by atoms with Gasteiger partial charge in [0, 0.05) is 30.5 Å². The Bertz CT molecular complexity index is 1110. The van der Waals surface area contributed by atoms with Crippen LogP contribution in [0.5, 0.6) is 17.2 Å². The molecular formula is C25H29N3O4. The highest BCUT2D eigenvalue weighted by Crippen LogP contribution is 2.36. The van der Waals surface area contributed by atoms with Crippen molar-refractivity contribution in [1.82, 2.24) is 9.88 Å². The molecule has 0 aliphatic carbocycles. The fourth-order valence-electron chi connectivity index (χ4n) is 4.29. The zero-order chi connectivity index (χ0) is 22.7. The maximum absolute atomic E-state index is 12.8. The number of hydrogen-bond acceptors (Lipinski definition) is 6. The fraction of sp³-hybridized carbons (Fsp3) is 0.360. The van der Waals surface area contributed by atoms with E-state index >= 15 is 0 Å². The Kier molecular flexibility index (Phi) is 6.35. The number of anilines is 1. The number of methoxy groups -OCH3 is 3. The van der Waals surface area contributed by atoms with E-state index in [1.165, 1.54) is 0 Å². The predicted molar refractivity (Wildman–Crippen MR) is 125 cm³/mol. The standard InChI is InChI=1S/C25H29N3O4/c1-30-19-6-4-16(5-7-19)12-24(29)28-10-8-17(9-11-28)25-20(26)13-18-14-22(31-2)23(32-3)15-21(18)27-25/h4-7,13-15,17H,8-12,26H2,1-3H3. The van der Waals surface area contributed by atoms with Crippen molar-refractivity contribution >= 4 is 22.5 Å². The summed E-state index contributed by atoms with van der Waals surface area (Å²) in [6, 6.07) is 13.4. The largest absolute Gasteiger partial charge is 0.497 e. The van der Waals surface area contributed by atoms with Crippen molar-refractivity contribution in [2.75, 3.05) is 40.2 Å². The van der Waals surface area contributed by atoms with Crippen LogP contribution in [-0.4, -0.2) is 50.2 Å². The Morgan fingerprint density at radius 2 is 1.66 bits per heavy atom. The Hall–Kier alpha value is -3.48. The van der Waals surface area contributed by atoms with Crippen molar-refractivity contribution in [3.8, 4) is 17.2 Å². The number of ether oxygens (including phenoxy) is 3. The van der Waals surface area contributed by atoms with Crippen LogP contribution in [0.15, 0.2) is 42.5 Å². The Morgan fingerprint density at radius 1 is 1.00 bits per heavy atom. The van der Waals surface area contributed by atoms with Gasteiger partial charge in [-0.3, -0.25) is 9.78 Å². The Balaban J connectivity index is 1.45. The number of amides is 1. The van der Waals surface area contributed by atoms with Gasteiger partial charge in [-0.2, -0.15) is 0 Å². The summed E-state index contributed by atoms with van der Waals surface area (Å²) in [6.07, 6.45) is 2.07. The highest BCUT2D eigenvalue weighted by atomic mass is 16.5. The van der Waals surface area contributed by atoms with Gasteiger partial charge < -0.3 is 24.8 Å². The van der Waals surface area contributed by atoms with E-state index in [1.54, 1.807) is 21.3 Å². The minimum absolute atomic E-state index is 0.143. The summed E-state index contributed by atoms with van der Waals surface area (Å²) in [5, 5.41) is 0.913. The average molecular weight is 436 g/mol. The SMILES string of the molecule is COc1ccc(CC(=O)N2CCC(c3nc4cc(OC)c(OC)cc4cc3N)CC2)cc1. The molecule has 1 aliphatic heterocycles. The third kappa shape index (κ3) is 4.42. The third-order valence-electron chi connectivity index (χ3n) is 6.13. The second kappa shape index (κ2) is 9.34. The van der Waals surface area contributed by atoms with E-state index in [0.717, 1.165) is 40.8 Å². The minimum atomic E-state index is 0.143. The molecule has 1 fully saturated rings. The zero-order valence-electron chi connectivity index (χ0n) is 18.8. The van der Waals surface area contributed by atoms with E-state index in [1.807, 2.05) is 47.4 Å². The van der Waals surface area contributed by atoms with Gasteiger partial charge in [0.05, 0.1) is 44.6 Å². The molecule has 2 heterocycles. The van der Waals surface area contributed by atoms with Gasteiger partial charge in [0.25, 0.3) is 0 Å². The van der Waals surface area contributed by atoms with Crippen LogP contribution in [0.2, 0.25) is 0 Å². The van der Waals surface area contributed by atoms with E-state index in [9.17, 15) is 4.79 Å². The van der Waals surface area contributed by atoms with Crippen LogP contribution in [0.25, 0.3) is 10.9 Å². The normalized spacial score (nSPS) is 14.4. The average Bonchev–Trinajstić information content (AvgIpc) is 2.83. The van der Waals surface area contributed by atoms with Gasteiger partial charge in [-0.1, -0.05) is 12.1 Å². The van der Waals surface area contributed by atoms with Crippen molar-refractivity contribution in [1.29, 1.82) is 0 Å². The van der Waals surface area contributed by atoms with E-state index in [0.29, 0.717) is 36.7 Å². The van der Waals surface area contributed by atoms with Crippen LogP contribution < -0.4 is 19.9 Å². The quantitative estimate of drug-likeness (QED) is 0.634. The number of carbonyl (C=O) groups is 1. The van der Waals surface area contributed by atoms with Gasteiger partial charge in [0.15, 0.2) is 11.5 Å². The summed E-state index contributed by atoms with van der Waals surface area (Å²) in [6.45, 7) is 1.40. The second-order valence-electron chi connectivity index (χ2n) is 8.04. The number of likely N-dealkylation sites (tertiary alicyclic amines) is 1. The number of piperidine rings is 1. The van der Waals surface area contributed by atoms with Crippen molar-refractivity contribution in [2.24, 2.45) is 0 Å². The highest BCUT2D eigenvalue weighted by molar-refractivity contribution is 5.86. The zero-order valence-corrected chi connectivity index (χ0v) is 18.8. The number of aromatic nitrogens is 1. The summed E-state index contributed by atoms with van der Waals surface area (Å²) in [5.74, 6) is 2.45. The molecule has 2 N–H and O–H groups in total. The molecule has 1 aliphatic rings. The summed E-state index contributed by atoms with van der Waals surface area (Å²) in [7, 11) is 4.86. The molecule has 0 radical (unpaired) electrons. The Morgan fingerprint density at radius 3 is 2.28 bits per heavy atom. The molecule has 1 saturated heterocycles. The van der Waals surface area contributed by atoms with Gasteiger partial charge in [-0.05, 0) is 42.7 Å². The van der Waals surface area contributed by atoms with Crippen molar-refractivity contribution in [2.45, 2.75) is 25.2 Å². The van der Waals surface area contributed by atoms with E-state index in [2.05, 4.69) is 0 Å². The topological polar surface area (TPSA) is 86.9 Å². The molecule has 7 nitrogen and oxygen atoms in total. The smallest absolute Gasteiger partial charge is 0.226 e. The first-order valence-electron chi connectivity index (χ1n) is 10.7. The first kappa shape index (κ1) is 21.7. The maximum atomic E-state index is 12.8. The number of carbonyl (C=O) groups excluding carboxylic acids is 1. The number of pyridine rings is 1. The number of rotatable bonds is 6. The van der Waals surface area contributed by atoms with E-state index < -0.39 is 0 Å². The first-order valence-corrected chi connectivity index (χ1v) is 10.7. The number of benzene rings is 2. The lowest BCUT2D eigenvalue weighted by atomic mass is 9.91. The van der Waals surface area contributed by atoms with Crippen LogP contribution in [0.3, 0.4) is 0 Å². The summed E-state index contributed by atoms with van der Waals surface area (Å²) >= 11 is 0. The fourth-order valence-corrected chi connectivity index (χ4v) is 4.29. The van der Waals surface area contributed by atoms with E-state index in [-0.39, 0.29) is 11.8 Å². The van der Waals surface area contributed by atoms with Gasteiger partial charge in [-0.25, -0.2) is 0 Å². The van der Waals surface area contributed by atoms with Crippen LogP contribution in [0.4, 0.5) is 5.69 Å². The molecule has 0 bridgehead atoms. The third-order valence-corrected chi connectivity index (χ3v) is 6.13. The number of nitrogens with two attached hydrogens (primary N) is 1. The molecule has 0 unspecified atom stereocenters. The summed E-state index contributed by atoms with van der Waals surface area (Å²) in [5.41, 5.74) is 9.76. The van der Waals surface area contributed by atoms with Crippen LogP contribution in [0, 0.1) is 0 Å². The van der Waals surface area contributed by atoms with Crippen LogP contribution in [0.1, 0.15) is 30.0 Å². The lowest BCUT2D eigenvalue weighted by molar-refractivity contribution is -0.131.